The molecule has 4 rings (SSSR count). The number of methoxy groups -OCH3 is 2. The molecule has 0 radical (unpaired) electrons. The van der Waals surface area contributed by atoms with E-state index in [2.05, 4.69) is 4.99 Å². The highest BCUT2D eigenvalue weighted by Gasteiger charge is 2.34. The average molecular weight is 658 g/mol. The van der Waals surface area contributed by atoms with Crippen LogP contribution in [0.2, 0.25) is 0 Å². The van der Waals surface area contributed by atoms with Gasteiger partial charge in [0, 0.05) is 0 Å². The van der Waals surface area contributed by atoms with E-state index in [1.165, 1.54) is 24.9 Å². The summed E-state index contributed by atoms with van der Waals surface area (Å²) in [6, 6.07) is 11.5. The van der Waals surface area contributed by atoms with Gasteiger partial charge in [-0.15, -0.1) is 0 Å². The van der Waals surface area contributed by atoms with Gasteiger partial charge in [-0.2, -0.15) is 13.2 Å². The number of hydrogen-bond donors (Lipinski definition) is 0. The number of aromatic nitrogens is 1. The highest BCUT2D eigenvalue weighted by Crippen LogP contribution is 2.35. The fourth-order valence-corrected chi connectivity index (χ4v) is 5.88. The Kier molecular flexibility index (Phi) is 8.31. The predicted octanol–water partition coefficient (Wildman–Crippen LogP) is 4.35. The van der Waals surface area contributed by atoms with Crippen molar-refractivity contribution in [3.63, 3.8) is 0 Å². The Morgan fingerprint density at radius 2 is 1.92 bits per heavy atom. The maximum absolute atomic E-state index is 13.7. The lowest BCUT2D eigenvalue weighted by molar-refractivity contribution is -0.153. The first-order chi connectivity index (χ1) is 18.1. The Hall–Kier alpha value is -3.13. The topological polar surface area (TPSA) is 79.1 Å². The molecule has 3 aromatic rings. The highest BCUT2D eigenvalue weighted by molar-refractivity contribution is 14.1. The minimum Gasteiger partial charge on any atom is -0.493 e. The Labute approximate surface area is 233 Å². The van der Waals surface area contributed by atoms with Crippen LogP contribution in [-0.2, 0) is 9.53 Å². The van der Waals surface area contributed by atoms with Crippen LogP contribution < -0.4 is 24.4 Å². The molecule has 0 N–H and O–H groups in total. The molecule has 0 amide bonds. The van der Waals surface area contributed by atoms with Crippen LogP contribution in [0.4, 0.5) is 13.2 Å². The SMILES string of the molecule is CCC1=C(C(=O)OC)[C@H](c2ccccc2)n2c(s/c(=C\c3cc(I)c(OCC(F)(F)F)c(OC)c3)c2=O)=N1. The lowest BCUT2D eigenvalue weighted by Crippen LogP contribution is -2.40. The number of hydrogen-bond acceptors (Lipinski definition) is 7. The number of carbonyl (C=O) groups is 1. The van der Waals surface area contributed by atoms with E-state index in [4.69, 9.17) is 14.2 Å². The zero-order valence-electron chi connectivity index (χ0n) is 20.5. The molecule has 38 heavy (non-hydrogen) atoms. The van der Waals surface area contributed by atoms with Crippen molar-refractivity contribution in [2.75, 3.05) is 20.8 Å². The summed E-state index contributed by atoms with van der Waals surface area (Å²) in [5.74, 6) is -0.505. The first kappa shape index (κ1) is 27.9. The molecule has 1 aliphatic rings. The van der Waals surface area contributed by atoms with Crippen LogP contribution in [0.1, 0.15) is 30.5 Å². The quantitative estimate of drug-likeness (QED) is 0.279. The summed E-state index contributed by atoms with van der Waals surface area (Å²) in [5.41, 5.74) is 1.70. The van der Waals surface area contributed by atoms with Crippen molar-refractivity contribution in [2.45, 2.75) is 25.6 Å². The number of nitrogens with zero attached hydrogens (tertiary/aromatic N) is 2. The van der Waals surface area contributed by atoms with Gasteiger partial charge < -0.3 is 14.2 Å². The number of benzene rings is 2. The lowest BCUT2D eigenvalue weighted by Gasteiger charge is -2.25. The molecule has 0 fully saturated rings. The number of alkyl halides is 3. The molecular weight excluding hydrogens is 636 g/mol. The van der Waals surface area contributed by atoms with Gasteiger partial charge in [-0.25, -0.2) is 9.79 Å². The first-order valence-corrected chi connectivity index (χ1v) is 13.2. The molecule has 1 aromatic heterocycles. The molecule has 200 valence electrons. The maximum Gasteiger partial charge on any atom is 0.422 e. The molecule has 2 aromatic carbocycles. The van der Waals surface area contributed by atoms with Gasteiger partial charge in [-0.1, -0.05) is 48.6 Å². The molecule has 0 saturated heterocycles. The summed E-state index contributed by atoms with van der Waals surface area (Å²) in [5, 5.41) is 0. The molecule has 0 unspecified atom stereocenters. The fourth-order valence-electron chi connectivity index (χ4n) is 4.08. The van der Waals surface area contributed by atoms with Crippen molar-refractivity contribution in [1.82, 2.24) is 4.57 Å². The second-order valence-corrected chi connectivity index (χ2v) is 10.3. The molecule has 7 nitrogen and oxygen atoms in total. The number of rotatable bonds is 7. The molecule has 0 saturated carbocycles. The summed E-state index contributed by atoms with van der Waals surface area (Å²) in [6.45, 7) is 0.411. The van der Waals surface area contributed by atoms with Crippen LogP contribution in [0.15, 0.2) is 63.5 Å². The van der Waals surface area contributed by atoms with Gasteiger partial charge in [-0.3, -0.25) is 9.36 Å². The standard InChI is InChI=1S/C26H22F3IN2O5S/c1-4-17-20(24(34)36-3)21(15-8-6-5-7-9-15)32-23(33)19(38-25(32)31-17)12-14-10-16(30)22(18(11-14)35-2)37-13-26(27,28)29/h5-12,21H,4,13H2,1-3H3/b19-12-/t21-/m0/s1. The monoisotopic (exact) mass is 658 g/mol. The second kappa shape index (κ2) is 11.3. The maximum atomic E-state index is 13.7. The van der Waals surface area contributed by atoms with E-state index in [1.54, 1.807) is 12.1 Å². The lowest BCUT2D eigenvalue weighted by atomic mass is 9.95. The molecule has 0 aliphatic carbocycles. The number of ether oxygens (including phenoxy) is 3. The van der Waals surface area contributed by atoms with E-state index < -0.39 is 24.8 Å². The Morgan fingerprint density at radius 1 is 1.21 bits per heavy atom. The van der Waals surface area contributed by atoms with Gasteiger partial charge in [0.25, 0.3) is 5.56 Å². The highest BCUT2D eigenvalue weighted by atomic mass is 127. The molecule has 0 bridgehead atoms. The van der Waals surface area contributed by atoms with E-state index in [1.807, 2.05) is 59.8 Å². The summed E-state index contributed by atoms with van der Waals surface area (Å²) in [6.07, 6.45) is -2.44. The summed E-state index contributed by atoms with van der Waals surface area (Å²) >= 11 is 3.01. The van der Waals surface area contributed by atoms with Crippen LogP contribution in [0.25, 0.3) is 6.08 Å². The van der Waals surface area contributed by atoms with Gasteiger partial charge in [0.15, 0.2) is 22.9 Å². The van der Waals surface area contributed by atoms with Crippen molar-refractivity contribution in [3.05, 3.63) is 88.1 Å². The third kappa shape index (κ3) is 5.65. The Bertz CT molecular complexity index is 1580. The largest absolute Gasteiger partial charge is 0.493 e. The third-order valence-corrected chi connectivity index (χ3v) is 7.48. The van der Waals surface area contributed by atoms with Crippen LogP contribution in [0.3, 0.4) is 0 Å². The van der Waals surface area contributed by atoms with E-state index >= 15 is 0 Å². The van der Waals surface area contributed by atoms with Crippen LogP contribution in [-0.4, -0.2) is 37.5 Å². The molecule has 12 heteroatoms. The Morgan fingerprint density at radius 3 is 2.53 bits per heavy atom. The molecular formula is C26H22F3IN2O5S. The predicted molar refractivity (Wildman–Crippen MR) is 144 cm³/mol. The number of thiazole rings is 1. The van der Waals surface area contributed by atoms with Crippen molar-refractivity contribution in [2.24, 2.45) is 4.99 Å². The van der Waals surface area contributed by atoms with E-state index in [0.29, 0.717) is 36.2 Å². The normalized spacial score (nSPS) is 15.7. The summed E-state index contributed by atoms with van der Waals surface area (Å²) < 4.78 is 55.5. The minimum absolute atomic E-state index is 0.0385. The molecule has 1 atom stereocenters. The van der Waals surface area contributed by atoms with E-state index in [-0.39, 0.29) is 17.1 Å². The van der Waals surface area contributed by atoms with Crippen LogP contribution in [0, 0.1) is 3.57 Å². The Balaban J connectivity index is 1.88. The van der Waals surface area contributed by atoms with Crippen LogP contribution in [0.5, 0.6) is 11.5 Å². The summed E-state index contributed by atoms with van der Waals surface area (Å²) in [7, 11) is 2.61. The third-order valence-electron chi connectivity index (χ3n) is 5.70. The molecule has 1 aliphatic heterocycles. The number of halogens is 4. The van der Waals surface area contributed by atoms with Crippen molar-refractivity contribution >= 4 is 46.0 Å². The average Bonchev–Trinajstić information content (AvgIpc) is 3.20. The molecule has 2 heterocycles. The van der Waals surface area contributed by atoms with E-state index in [0.717, 1.165) is 16.9 Å². The van der Waals surface area contributed by atoms with Gasteiger partial charge in [0.1, 0.15) is 0 Å². The number of fused-ring (bicyclic) bond motifs is 1. The van der Waals surface area contributed by atoms with Crippen molar-refractivity contribution in [1.29, 1.82) is 0 Å². The number of allylic oxidation sites excluding steroid dienone is 1. The molecule has 0 spiro atoms. The van der Waals surface area contributed by atoms with Crippen molar-refractivity contribution < 1.29 is 32.2 Å². The number of carbonyl (C=O) groups excluding carboxylic acids is 1. The number of esters is 1. The first-order valence-electron chi connectivity index (χ1n) is 11.3. The van der Waals surface area contributed by atoms with Gasteiger partial charge in [0.05, 0.1) is 39.6 Å². The van der Waals surface area contributed by atoms with Gasteiger partial charge in [0.2, 0.25) is 0 Å². The van der Waals surface area contributed by atoms with Gasteiger partial charge >= 0.3 is 12.1 Å². The zero-order chi connectivity index (χ0) is 27.6. The fraction of sp³-hybridized carbons (Fsp3) is 0.269. The van der Waals surface area contributed by atoms with E-state index in [9.17, 15) is 22.8 Å². The van der Waals surface area contributed by atoms with Crippen LogP contribution >= 0.6 is 33.9 Å². The zero-order valence-corrected chi connectivity index (χ0v) is 23.4. The van der Waals surface area contributed by atoms with Crippen molar-refractivity contribution in [3.8, 4) is 11.5 Å². The minimum atomic E-state index is -4.50. The smallest absolute Gasteiger partial charge is 0.422 e. The summed E-state index contributed by atoms with van der Waals surface area (Å²) in [4.78, 5) is 31.6. The second-order valence-electron chi connectivity index (χ2n) is 8.14. The van der Waals surface area contributed by atoms with Gasteiger partial charge in [-0.05, 0) is 58.3 Å².